The Labute approximate surface area is 85.1 Å². The van der Waals surface area contributed by atoms with E-state index in [1.165, 1.54) is 11.8 Å². The SMILES string of the molecule is O=C1CSC(c2ccccn2)C(=O)N1. The van der Waals surface area contributed by atoms with Gasteiger partial charge in [0, 0.05) is 6.20 Å². The van der Waals surface area contributed by atoms with Crippen molar-refractivity contribution in [2.45, 2.75) is 5.25 Å². The molecule has 0 bridgehead atoms. The lowest BCUT2D eigenvalue weighted by Gasteiger charge is -2.19. The molecule has 14 heavy (non-hydrogen) atoms. The number of carbonyl (C=O) groups excluding carboxylic acids is 2. The van der Waals surface area contributed by atoms with Crippen LogP contribution in [-0.2, 0) is 9.59 Å². The minimum Gasteiger partial charge on any atom is -0.294 e. The van der Waals surface area contributed by atoms with Gasteiger partial charge in [0.05, 0.1) is 11.4 Å². The number of pyridine rings is 1. The molecule has 0 aromatic carbocycles. The summed E-state index contributed by atoms with van der Waals surface area (Å²) < 4.78 is 0. The number of nitrogens with one attached hydrogen (secondary N) is 1. The van der Waals surface area contributed by atoms with E-state index in [1.54, 1.807) is 18.3 Å². The second-order valence-electron chi connectivity index (χ2n) is 2.86. The number of hydrogen-bond donors (Lipinski definition) is 1. The molecule has 5 heteroatoms. The molecule has 1 aliphatic heterocycles. The fourth-order valence-electron chi connectivity index (χ4n) is 1.22. The molecule has 1 N–H and O–H groups in total. The number of carbonyl (C=O) groups is 2. The number of nitrogens with zero attached hydrogens (tertiary/aromatic N) is 1. The van der Waals surface area contributed by atoms with Gasteiger partial charge in [0.25, 0.3) is 0 Å². The number of rotatable bonds is 1. The standard InChI is InChI=1S/C9H8N2O2S/c12-7-5-14-8(9(13)11-7)6-3-1-2-4-10-6/h1-4,8H,5H2,(H,11,12,13). The summed E-state index contributed by atoms with van der Waals surface area (Å²) in [6, 6.07) is 5.40. The van der Waals surface area contributed by atoms with Crippen LogP contribution in [0.3, 0.4) is 0 Å². The normalized spacial score (nSPS) is 21.9. The number of imide groups is 1. The lowest BCUT2D eigenvalue weighted by atomic mass is 10.2. The minimum absolute atomic E-state index is 0.229. The highest BCUT2D eigenvalue weighted by atomic mass is 32.2. The summed E-state index contributed by atoms with van der Waals surface area (Å²) in [7, 11) is 0. The lowest BCUT2D eigenvalue weighted by Crippen LogP contribution is -2.39. The first-order valence-electron chi connectivity index (χ1n) is 4.13. The van der Waals surface area contributed by atoms with E-state index in [-0.39, 0.29) is 17.1 Å². The molecule has 72 valence electrons. The number of amides is 2. The molecule has 1 aliphatic rings. The maximum atomic E-state index is 11.4. The smallest absolute Gasteiger partial charge is 0.245 e. The first-order chi connectivity index (χ1) is 6.77. The van der Waals surface area contributed by atoms with Crippen LogP contribution in [-0.4, -0.2) is 22.6 Å². The Morgan fingerprint density at radius 3 is 2.93 bits per heavy atom. The van der Waals surface area contributed by atoms with Gasteiger partial charge >= 0.3 is 0 Å². The van der Waals surface area contributed by atoms with E-state index in [0.717, 1.165) is 0 Å². The molecule has 0 spiro atoms. The summed E-state index contributed by atoms with van der Waals surface area (Å²) in [5.74, 6) is -0.190. The Balaban J connectivity index is 2.20. The predicted octanol–water partition coefficient (Wildman–Crippen LogP) is 0.512. The van der Waals surface area contributed by atoms with Gasteiger partial charge in [-0.2, -0.15) is 0 Å². The van der Waals surface area contributed by atoms with Gasteiger partial charge in [-0.3, -0.25) is 19.9 Å². The third kappa shape index (κ3) is 1.77. The highest BCUT2D eigenvalue weighted by molar-refractivity contribution is 8.01. The molecule has 2 amide bonds. The zero-order valence-corrected chi connectivity index (χ0v) is 8.08. The Morgan fingerprint density at radius 2 is 2.29 bits per heavy atom. The molecule has 4 nitrogen and oxygen atoms in total. The number of hydrogen-bond acceptors (Lipinski definition) is 4. The van der Waals surface area contributed by atoms with Crippen LogP contribution in [0.5, 0.6) is 0 Å². The molecular formula is C9H8N2O2S. The van der Waals surface area contributed by atoms with E-state index in [1.807, 2.05) is 6.07 Å². The molecule has 1 aromatic rings. The third-order valence-electron chi connectivity index (χ3n) is 1.84. The van der Waals surface area contributed by atoms with Crippen molar-refractivity contribution in [2.75, 3.05) is 5.75 Å². The van der Waals surface area contributed by atoms with Crippen molar-refractivity contribution < 1.29 is 9.59 Å². The quantitative estimate of drug-likeness (QED) is 0.683. The van der Waals surface area contributed by atoms with Gasteiger partial charge in [0.2, 0.25) is 11.8 Å². The van der Waals surface area contributed by atoms with Crippen LogP contribution in [0.25, 0.3) is 0 Å². The third-order valence-corrected chi connectivity index (χ3v) is 3.06. The Hall–Kier alpha value is -1.36. The van der Waals surface area contributed by atoms with Crippen molar-refractivity contribution >= 4 is 23.6 Å². The van der Waals surface area contributed by atoms with E-state index in [4.69, 9.17) is 0 Å². The molecule has 0 saturated carbocycles. The molecule has 1 unspecified atom stereocenters. The summed E-state index contributed by atoms with van der Waals surface area (Å²) >= 11 is 1.31. The molecule has 1 fully saturated rings. The predicted molar refractivity (Wildman–Crippen MR) is 52.6 cm³/mol. The van der Waals surface area contributed by atoms with Crippen LogP contribution in [0.15, 0.2) is 24.4 Å². The molecule has 1 atom stereocenters. The van der Waals surface area contributed by atoms with E-state index in [2.05, 4.69) is 10.3 Å². The van der Waals surface area contributed by atoms with Crippen molar-refractivity contribution in [3.05, 3.63) is 30.1 Å². The lowest BCUT2D eigenvalue weighted by molar-refractivity contribution is -0.129. The van der Waals surface area contributed by atoms with E-state index < -0.39 is 0 Å². The van der Waals surface area contributed by atoms with Gasteiger partial charge < -0.3 is 0 Å². The van der Waals surface area contributed by atoms with Gasteiger partial charge in [-0.05, 0) is 12.1 Å². The highest BCUT2D eigenvalue weighted by Crippen LogP contribution is 2.29. The maximum absolute atomic E-state index is 11.4. The van der Waals surface area contributed by atoms with Crippen molar-refractivity contribution in [3.8, 4) is 0 Å². The van der Waals surface area contributed by atoms with Crippen LogP contribution >= 0.6 is 11.8 Å². The fraction of sp³-hybridized carbons (Fsp3) is 0.222. The number of aromatic nitrogens is 1. The van der Waals surface area contributed by atoms with E-state index >= 15 is 0 Å². The molecular weight excluding hydrogens is 200 g/mol. The molecule has 1 aromatic heterocycles. The van der Waals surface area contributed by atoms with Crippen molar-refractivity contribution in [3.63, 3.8) is 0 Å². The summed E-state index contributed by atoms with van der Waals surface area (Å²) in [6.07, 6.45) is 1.64. The Bertz CT molecular complexity index is 366. The first kappa shape index (κ1) is 9.21. The van der Waals surface area contributed by atoms with Gasteiger partial charge in [-0.15, -0.1) is 11.8 Å². The van der Waals surface area contributed by atoms with Crippen molar-refractivity contribution in [1.82, 2.24) is 10.3 Å². The average Bonchev–Trinajstić information content (AvgIpc) is 2.19. The zero-order valence-electron chi connectivity index (χ0n) is 7.27. The van der Waals surface area contributed by atoms with Gasteiger partial charge in [0.15, 0.2) is 0 Å². The van der Waals surface area contributed by atoms with Crippen molar-refractivity contribution in [1.29, 1.82) is 0 Å². The zero-order chi connectivity index (χ0) is 9.97. The molecule has 0 radical (unpaired) electrons. The van der Waals surface area contributed by atoms with Crippen LogP contribution in [0.4, 0.5) is 0 Å². The first-order valence-corrected chi connectivity index (χ1v) is 5.18. The van der Waals surface area contributed by atoms with Gasteiger partial charge in [-0.1, -0.05) is 6.07 Å². The summed E-state index contributed by atoms with van der Waals surface area (Å²) in [5, 5.41) is 1.94. The van der Waals surface area contributed by atoms with Crippen LogP contribution in [0.1, 0.15) is 10.9 Å². The molecule has 2 rings (SSSR count). The average molecular weight is 208 g/mol. The maximum Gasteiger partial charge on any atom is 0.245 e. The van der Waals surface area contributed by atoms with Gasteiger partial charge in [0.1, 0.15) is 5.25 Å². The van der Waals surface area contributed by atoms with E-state index in [0.29, 0.717) is 11.4 Å². The Morgan fingerprint density at radius 1 is 1.43 bits per heavy atom. The molecule has 0 aliphatic carbocycles. The minimum atomic E-state index is -0.353. The Kier molecular flexibility index (Phi) is 2.49. The monoisotopic (exact) mass is 208 g/mol. The topological polar surface area (TPSA) is 59.1 Å². The summed E-state index contributed by atoms with van der Waals surface area (Å²) in [5.41, 5.74) is 0.697. The summed E-state index contributed by atoms with van der Waals surface area (Å²) in [4.78, 5) is 26.4. The highest BCUT2D eigenvalue weighted by Gasteiger charge is 2.29. The number of thioether (sulfide) groups is 1. The van der Waals surface area contributed by atoms with Gasteiger partial charge in [-0.25, -0.2) is 0 Å². The second-order valence-corrected chi connectivity index (χ2v) is 3.95. The summed E-state index contributed by atoms with van der Waals surface area (Å²) in [6.45, 7) is 0. The van der Waals surface area contributed by atoms with Crippen LogP contribution < -0.4 is 5.32 Å². The molecule has 1 saturated heterocycles. The van der Waals surface area contributed by atoms with E-state index in [9.17, 15) is 9.59 Å². The second kappa shape index (κ2) is 3.79. The van der Waals surface area contributed by atoms with Crippen molar-refractivity contribution in [2.24, 2.45) is 0 Å². The van der Waals surface area contributed by atoms with Crippen LogP contribution in [0.2, 0.25) is 0 Å². The fourth-order valence-corrected chi connectivity index (χ4v) is 2.14. The largest absolute Gasteiger partial charge is 0.294 e. The van der Waals surface area contributed by atoms with Crippen LogP contribution in [0, 0.1) is 0 Å². The molecule has 2 heterocycles.